The Hall–Kier alpha value is -5.12. The summed E-state index contributed by atoms with van der Waals surface area (Å²) in [5.41, 5.74) is 4.30. The molecule has 3 fully saturated rings. The van der Waals surface area contributed by atoms with Crippen molar-refractivity contribution in [3.05, 3.63) is 135 Å². The molecule has 11 heteroatoms. The summed E-state index contributed by atoms with van der Waals surface area (Å²) in [6, 6.07) is 27.9. The summed E-state index contributed by atoms with van der Waals surface area (Å²) in [7, 11) is 1.54. The van der Waals surface area contributed by atoms with Gasteiger partial charge in [-0.05, 0) is 66.3 Å². The van der Waals surface area contributed by atoms with Gasteiger partial charge in [-0.25, -0.2) is 0 Å². The van der Waals surface area contributed by atoms with Gasteiger partial charge in [-0.3, -0.25) is 29.5 Å². The minimum Gasteiger partial charge on any atom is -0.508 e. The number of hydrazine groups is 1. The number of amides is 4. The van der Waals surface area contributed by atoms with Gasteiger partial charge in [0.05, 0.1) is 47.5 Å². The summed E-state index contributed by atoms with van der Waals surface area (Å²) in [6.45, 7) is 0.145. The number of likely N-dealkylation sites (tertiary alicyclic amines) is 1. The van der Waals surface area contributed by atoms with Gasteiger partial charge in [-0.2, -0.15) is 5.01 Å². The van der Waals surface area contributed by atoms with Gasteiger partial charge in [0.2, 0.25) is 11.8 Å². The number of carbonyl (C=O) groups is 4. The van der Waals surface area contributed by atoms with Gasteiger partial charge in [-0.1, -0.05) is 95.5 Å². The highest BCUT2D eigenvalue weighted by molar-refractivity contribution is 6.36. The summed E-state index contributed by atoms with van der Waals surface area (Å²) >= 11 is 12.7. The highest BCUT2D eigenvalue weighted by Crippen LogP contribution is 2.65. The van der Waals surface area contributed by atoms with Crippen LogP contribution in [0.4, 0.5) is 5.69 Å². The van der Waals surface area contributed by atoms with Crippen molar-refractivity contribution >= 4 is 52.5 Å². The first-order valence-corrected chi connectivity index (χ1v) is 17.5. The Labute approximate surface area is 304 Å². The number of hydrogen-bond acceptors (Lipinski definition) is 7. The molecule has 51 heavy (non-hydrogen) atoms. The monoisotopic (exact) mass is 721 g/mol. The van der Waals surface area contributed by atoms with E-state index in [9.17, 15) is 19.5 Å². The van der Waals surface area contributed by atoms with Crippen LogP contribution in [-0.4, -0.2) is 45.8 Å². The normalized spacial score (nSPS) is 26.8. The molecule has 2 saturated heterocycles. The van der Waals surface area contributed by atoms with E-state index < -0.39 is 46.8 Å². The van der Waals surface area contributed by atoms with Crippen LogP contribution in [-0.2, 0) is 31.1 Å². The maximum Gasteiger partial charge on any atom is 0.260 e. The van der Waals surface area contributed by atoms with Crippen LogP contribution < -0.4 is 10.2 Å². The number of imide groups is 2. The van der Waals surface area contributed by atoms with Crippen molar-refractivity contribution in [1.82, 2.24) is 9.91 Å². The van der Waals surface area contributed by atoms with Crippen molar-refractivity contribution in [2.45, 2.75) is 30.7 Å². The van der Waals surface area contributed by atoms with Crippen LogP contribution in [0.25, 0.3) is 0 Å². The Balaban J connectivity index is 1.30. The van der Waals surface area contributed by atoms with E-state index in [4.69, 9.17) is 27.9 Å². The third-order valence-electron chi connectivity index (χ3n) is 11.1. The Morgan fingerprint density at radius 2 is 1.59 bits per heavy atom. The van der Waals surface area contributed by atoms with Gasteiger partial charge in [-0.15, -0.1) is 0 Å². The molecule has 4 amide bonds. The van der Waals surface area contributed by atoms with Crippen molar-refractivity contribution in [1.29, 1.82) is 0 Å². The average Bonchev–Trinajstić information content (AvgIpc) is 3.50. The largest absolute Gasteiger partial charge is 0.508 e. The highest BCUT2D eigenvalue weighted by atomic mass is 35.5. The van der Waals surface area contributed by atoms with Crippen LogP contribution in [0.15, 0.2) is 109 Å². The minimum atomic E-state index is -1.56. The molecule has 4 aromatic rings. The van der Waals surface area contributed by atoms with Crippen molar-refractivity contribution in [2.75, 3.05) is 12.5 Å². The number of phenolic OH excluding ortho intramolecular Hbond substituents is 1. The molecule has 258 valence electrons. The number of ether oxygens (including phenoxy) is 1. The number of methoxy groups -OCH3 is 1. The molecular formula is C40H33Cl2N3O6. The number of para-hydroxylation sites is 1. The number of fused-ring (bicyclic) bond motifs is 4. The molecule has 6 atom stereocenters. The Bertz CT molecular complexity index is 2120. The second-order valence-corrected chi connectivity index (χ2v) is 14.4. The van der Waals surface area contributed by atoms with E-state index in [1.54, 1.807) is 67.8 Å². The van der Waals surface area contributed by atoms with Crippen molar-refractivity contribution < 1.29 is 29.0 Å². The summed E-state index contributed by atoms with van der Waals surface area (Å²) in [5.74, 6) is -4.84. The van der Waals surface area contributed by atoms with E-state index in [0.717, 1.165) is 16.1 Å². The second-order valence-electron chi connectivity index (χ2n) is 13.5. The third kappa shape index (κ3) is 5.05. The predicted octanol–water partition coefficient (Wildman–Crippen LogP) is 6.89. The maximum absolute atomic E-state index is 15.3. The number of allylic oxidation sites excluding steroid dienone is 2. The molecule has 0 spiro atoms. The lowest BCUT2D eigenvalue weighted by atomic mass is 9.49. The zero-order chi connectivity index (χ0) is 35.6. The standard InChI is InChI=1S/C40H33Cl2N3O6/c1-51-25-14-11-23(12-15-25)40-30(37(48)45(39(40)50)43-32-18-13-24(41)19-31(32)42)20-29-26(35(40)27-9-5-6-10-33(27)46)16-17-28-34(29)38(49)44(36(28)47)21-22-7-3-2-4-8-22/h2-16,18-19,28-30,34-35,43,46H,17,20-21H2,1H3. The van der Waals surface area contributed by atoms with E-state index in [1.165, 1.54) is 11.0 Å². The van der Waals surface area contributed by atoms with Crippen molar-refractivity contribution in [3.8, 4) is 11.5 Å². The summed E-state index contributed by atoms with van der Waals surface area (Å²) in [4.78, 5) is 59.7. The van der Waals surface area contributed by atoms with Crippen LogP contribution >= 0.6 is 23.2 Å². The van der Waals surface area contributed by atoms with E-state index in [0.29, 0.717) is 27.6 Å². The number of nitrogens with zero attached hydrogens (tertiary/aromatic N) is 2. The van der Waals surface area contributed by atoms with Gasteiger partial charge < -0.3 is 9.84 Å². The van der Waals surface area contributed by atoms with E-state index in [2.05, 4.69) is 5.43 Å². The van der Waals surface area contributed by atoms with Crippen molar-refractivity contribution in [2.24, 2.45) is 23.7 Å². The van der Waals surface area contributed by atoms with Gasteiger partial charge in [0, 0.05) is 16.5 Å². The van der Waals surface area contributed by atoms with Crippen LogP contribution in [0.3, 0.4) is 0 Å². The molecular weight excluding hydrogens is 689 g/mol. The SMILES string of the molecule is COc1ccc(C23C(=O)N(Nc4ccc(Cl)cc4Cl)C(=O)C2CC2C(=CCC4C(=O)N(Cc5ccccc5)C(=O)C42)C3c2ccccc2O)cc1. The number of carbonyl (C=O) groups excluding carboxylic acids is 4. The first kappa shape index (κ1) is 33.0. The molecule has 0 aromatic heterocycles. The molecule has 0 radical (unpaired) electrons. The van der Waals surface area contributed by atoms with Crippen LogP contribution in [0.2, 0.25) is 10.0 Å². The van der Waals surface area contributed by atoms with Crippen LogP contribution in [0.1, 0.15) is 35.4 Å². The van der Waals surface area contributed by atoms with Crippen molar-refractivity contribution in [3.63, 3.8) is 0 Å². The number of nitrogens with one attached hydrogen (secondary N) is 1. The predicted molar refractivity (Wildman–Crippen MR) is 191 cm³/mol. The van der Waals surface area contributed by atoms with E-state index in [-0.39, 0.29) is 42.0 Å². The fourth-order valence-electron chi connectivity index (χ4n) is 8.91. The fraction of sp³-hybridized carbons (Fsp3) is 0.250. The maximum atomic E-state index is 15.3. The number of hydrogen-bond donors (Lipinski definition) is 2. The summed E-state index contributed by atoms with van der Waals surface area (Å²) in [6.07, 6.45) is 2.37. The lowest BCUT2D eigenvalue weighted by Crippen LogP contribution is -2.53. The topological polar surface area (TPSA) is 116 Å². The second kappa shape index (κ2) is 12.6. The number of anilines is 1. The first-order chi connectivity index (χ1) is 24.6. The molecule has 8 rings (SSSR count). The summed E-state index contributed by atoms with van der Waals surface area (Å²) in [5, 5.41) is 13.1. The number of phenols is 1. The molecule has 1 saturated carbocycles. The zero-order valence-corrected chi connectivity index (χ0v) is 29.0. The molecule has 6 unspecified atom stereocenters. The van der Waals surface area contributed by atoms with Gasteiger partial charge >= 0.3 is 0 Å². The van der Waals surface area contributed by atoms with Crippen LogP contribution in [0.5, 0.6) is 11.5 Å². The molecule has 2 aliphatic carbocycles. The molecule has 4 aliphatic rings. The lowest BCUT2D eigenvalue weighted by Gasteiger charge is -2.50. The average molecular weight is 723 g/mol. The smallest absolute Gasteiger partial charge is 0.260 e. The van der Waals surface area contributed by atoms with Gasteiger partial charge in [0.25, 0.3) is 11.8 Å². The Morgan fingerprint density at radius 3 is 2.29 bits per heavy atom. The number of rotatable bonds is 7. The quantitative estimate of drug-likeness (QED) is 0.158. The molecule has 0 bridgehead atoms. The Kier molecular flexibility index (Phi) is 8.15. The molecule has 2 heterocycles. The highest BCUT2D eigenvalue weighted by Gasteiger charge is 2.70. The summed E-state index contributed by atoms with van der Waals surface area (Å²) < 4.78 is 5.45. The fourth-order valence-corrected chi connectivity index (χ4v) is 9.36. The van der Waals surface area contributed by atoms with E-state index in [1.807, 2.05) is 36.4 Å². The third-order valence-corrected chi connectivity index (χ3v) is 11.7. The van der Waals surface area contributed by atoms with E-state index >= 15 is 4.79 Å². The molecule has 4 aromatic carbocycles. The number of halogens is 2. The zero-order valence-electron chi connectivity index (χ0n) is 27.5. The Morgan fingerprint density at radius 1 is 0.863 bits per heavy atom. The van der Waals surface area contributed by atoms with Gasteiger partial charge in [0.15, 0.2) is 0 Å². The molecule has 9 nitrogen and oxygen atoms in total. The first-order valence-electron chi connectivity index (χ1n) is 16.8. The molecule has 2 aliphatic heterocycles. The number of aromatic hydroxyl groups is 1. The molecule has 2 N–H and O–H groups in total. The van der Waals surface area contributed by atoms with Gasteiger partial charge in [0.1, 0.15) is 11.5 Å². The lowest BCUT2D eigenvalue weighted by molar-refractivity contribution is -0.142. The number of benzene rings is 4. The van der Waals surface area contributed by atoms with Crippen LogP contribution in [0, 0.1) is 23.7 Å². The minimum absolute atomic E-state index is 0.0512.